The number of nitrogens with zero attached hydrogens (tertiary/aromatic N) is 2. The van der Waals surface area contributed by atoms with Gasteiger partial charge < -0.3 is 0 Å². The molecule has 1 aromatic carbocycles. The number of aliphatic imine (C=N–C) groups is 1. The van der Waals surface area contributed by atoms with E-state index in [1.54, 1.807) is 4.90 Å². The molecule has 0 radical (unpaired) electrons. The largest absolute Gasteiger partial charge is 0.291 e. The molecule has 1 aliphatic heterocycles. The van der Waals surface area contributed by atoms with Gasteiger partial charge in [-0.3, -0.25) is 9.69 Å². The number of carbonyl (C=O) groups is 1. The van der Waals surface area contributed by atoms with Crippen LogP contribution in [-0.2, 0) is 11.3 Å². The molecule has 0 saturated heterocycles. The van der Waals surface area contributed by atoms with Crippen molar-refractivity contribution >= 4 is 11.7 Å². The second kappa shape index (κ2) is 4.53. The average molecular weight is 228 g/mol. The minimum Gasteiger partial charge on any atom is -0.291 e. The lowest BCUT2D eigenvalue weighted by atomic mass is 10.2. The zero-order valence-electron chi connectivity index (χ0n) is 10.4. The standard InChI is InChI=1S/C14H16N2O/c1-10(2)13-14(17)16(11(3)15-13)9-12-7-5-4-6-8-12/h4-8H,9H2,1-3H3. The van der Waals surface area contributed by atoms with E-state index in [1.807, 2.05) is 51.1 Å². The van der Waals surface area contributed by atoms with E-state index in [4.69, 9.17) is 0 Å². The van der Waals surface area contributed by atoms with Gasteiger partial charge in [-0.2, -0.15) is 0 Å². The maximum absolute atomic E-state index is 12.1. The Balaban J connectivity index is 2.23. The first-order valence-corrected chi connectivity index (χ1v) is 5.68. The molecule has 0 aromatic heterocycles. The van der Waals surface area contributed by atoms with Gasteiger partial charge in [-0.1, -0.05) is 30.3 Å². The fourth-order valence-corrected chi connectivity index (χ4v) is 1.82. The summed E-state index contributed by atoms with van der Waals surface area (Å²) in [5, 5.41) is 0. The quantitative estimate of drug-likeness (QED) is 0.716. The first kappa shape index (κ1) is 11.6. The number of allylic oxidation sites excluding steroid dienone is 1. The lowest BCUT2D eigenvalue weighted by Crippen LogP contribution is -2.29. The van der Waals surface area contributed by atoms with Crippen LogP contribution >= 0.6 is 0 Å². The summed E-state index contributed by atoms with van der Waals surface area (Å²) < 4.78 is 0. The van der Waals surface area contributed by atoms with Crippen molar-refractivity contribution in [1.82, 2.24) is 4.90 Å². The van der Waals surface area contributed by atoms with Gasteiger partial charge in [-0.25, -0.2) is 4.99 Å². The zero-order chi connectivity index (χ0) is 12.4. The number of hydrogen-bond donors (Lipinski definition) is 0. The summed E-state index contributed by atoms with van der Waals surface area (Å²) in [4.78, 5) is 18.2. The fourth-order valence-electron chi connectivity index (χ4n) is 1.82. The Kier molecular flexibility index (Phi) is 3.09. The average Bonchev–Trinajstić information content (AvgIpc) is 2.58. The van der Waals surface area contributed by atoms with E-state index in [0.29, 0.717) is 12.2 Å². The van der Waals surface area contributed by atoms with Crippen LogP contribution in [0.15, 0.2) is 46.6 Å². The van der Waals surface area contributed by atoms with Gasteiger partial charge in [0, 0.05) is 0 Å². The van der Waals surface area contributed by atoms with E-state index in [0.717, 1.165) is 17.0 Å². The van der Waals surface area contributed by atoms with Gasteiger partial charge >= 0.3 is 0 Å². The van der Waals surface area contributed by atoms with Gasteiger partial charge in [0.05, 0.1) is 6.54 Å². The fraction of sp³-hybridized carbons (Fsp3) is 0.286. The van der Waals surface area contributed by atoms with E-state index in [1.165, 1.54) is 0 Å². The van der Waals surface area contributed by atoms with Crippen LogP contribution in [0.1, 0.15) is 26.3 Å². The van der Waals surface area contributed by atoms with Crippen LogP contribution in [0.25, 0.3) is 0 Å². The highest BCUT2D eigenvalue weighted by atomic mass is 16.2. The monoisotopic (exact) mass is 228 g/mol. The van der Waals surface area contributed by atoms with Crippen LogP contribution in [-0.4, -0.2) is 16.6 Å². The molecule has 0 N–H and O–H groups in total. The van der Waals surface area contributed by atoms with Crippen LogP contribution in [0, 0.1) is 0 Å². The molecular weight excluding hydrogens is 212 g/mol. The third kappa shape index (κ3) is 2.28. The molecule has 1 aliphatic rings. The van der Waals surface area contributed by atoms with Crippen LogP contribution in [0.3, 0.4) is 0 Å². The van der Waals surface area contributed by atoms with Crippen LogP contribution in [0.4, 0.5) is 0 Å². The summed E-state index contributed by atoms with van der Waals surface area (Å²) in [6.07, 6.45) is 0. The molecule has 17 heavy (non-hydrogen) atoms. The number of benzene rings is 1. The van der Waals surface area contributed by atoms with Gasteiger partial charge in [0.15, 0.2) is 0 Å². The number of amides is 1. The molecule has 3 nitrogen and oxygen atoms in total. The number of amidine groups is 1. The summed E-state index contributed by atoms with van der Waals surface area (Å²) in [5.74, 6) is 0.779. The second-order valence-electron chi connectivity index (χ2n) is 4.38. The molecule has 2 rings (SSSR count). The van der Waals surface area contributed by atoms with E-state index in [-0.39, 0.29) is 5.91 Å². The molecule has 88 valence electrons. The van der Waals surface area contributed by atoms with Crippen LogP contribution in [0.2, 0.25) is 0 Å². The summed E-state index contributed by atoms with van der Waals surface area (Å²) in [7, 11) is 0. The highest BCUT2D eigenvalue weighted by molar-refractivity contribution is 6.11. The number of hydrogen-bond acceptors (Lipinski definition) is 2. The van der Waals surface area contributed by atoms with Crippen molar-refractivity contribution in [3.05, 3.63) is 47.2 Å². The number of carbonyl (C=O) groups excluding carboxylic acids is 1. The van der Waals surface area contributed by atoms with Gasteiger partial charge in [-0.05, 0) is 31.9 Å². The van der Waals surface area contributed by atoms with Crippen molar-refractivity contribution < 1.29 is 4.79 Å². The summed E-state index contributed by atoms with van der Waals surface area (Å²) in [5.41, 5.74) is 2.66. The van der Waals surface area contributed by atoms with Crippen molar-refractivity contribution in [3.8, 4) is 0 Å². The van der Waals surface area contributed by atoms with Crippen molar-refractivity contribution in [2.45, 2.75) is 27.3 Å². The molecule has 0 bridgehead atoms. The lowest BCUT2D eigenvalue weighted by molar-refractivity contribution is -0.123. The molecule has 1 heterocycles. The molecule has 0 saturated carbocycles. The van der Waals surface area contributed by atoms with Crippen molar-refractivity contribution in [2.24, 2.45) is 4.99 Å². The minimum atomic E-state index is 0.00588. The maximum atomic E-state index is 12.1. The van der Waals surface area contributed by atoms with E-state index >= 15 is 0 Å². The molecule has 1 aromatic rings. The Labute approximate surface area is 101 Å². The highest BCUT2D eigenvalue weighted by Crippen LogP contribution is 2.20. The minimum absolute atomic E-state index is 0.00588. The Hall–Kier alpha value is -1.90. The third-order valence-electron chi connectivity index (χ3n) is 2.77. The molecule has 0 spiro atoms. The van der Waals surface area contributed by atoms with Crippen molar-refractivity contribution in [3.63, 3.8) is 0 Å². The predicted octanol–water partition coefficient (Wildman–Crippen LogP) is 2.74. The first-order chi connectivity index (χ1) is 8.09. The first-order valence-electron chi connectivity index (χ1n) is 5.68. The Morgan fingerprint density at radius 2 is 1.88 bits per heavy atom. The van der Waals surface area contributed by atoms with Gasteiger partial charge in [0.25, 0.3) is 5.91 Å². The van der Waals surface area contributed by atoms with Crippen LogP contribution < -0.4 is 0 Å². The van der Waals surface area contributed by atoms with E-state index in [9.17, 15) is 4.79 Å². The lowest BCUT2D eigenvalue weighted by Gasteiger charge is -2.15. The molecule has 0 atom stereocenters. The molecule has 3 heteroatoms. The molecule has 1 amide bonds. The predicted molar refractivity (Wildman–Crippen MR) is 68.5 cm³/mol. The molecular formula is C14H16N2O. The van der Waals surface area contributed by atoms with Gasteiger partial charge in [0.2, 0.25) is 0 Å². The third-order valence-corrected chi connectivity index (χ3v) is 2.77. The molecule has 0 fully saturated rings. The van der Waals surface area contributed by atoms with E-state index < -0.39 is 0 Å². The zero-order valence-corrected chi connectivity index (χ0v) is 10.4. The molecule has 0 unspecified atom stereocenters. The SMILES string of the molecule is CC1=NC(=C(C)C)C(=O)N1Cc1ccccc1. The van der Waals surface area contributed by atoms with Gasteiger partial charge in [0.1, 0.15) is 11.5 Å². The summed E-state index contributed by atoms with van der Waals surface area (Å²) >= 11 is 0. The van der Waals surface area contributed by atoms with Crippen LogP contribution in [0.5, 0.6) is 0 Å². The number of rotatable bonds is 2. The van der Waals surface area contributed by atoms with Gasteiger partial charge in [-0.15, -0.1) is 0 Å². The van der Waals surface area contributed by atoms with E-state index in [2.05, 4.69) is 4.99 Å². The second-order valence-corrected chi connectivity index (χ2v) is 4.38. The topological polar surface area (TPSA) is 32.7 Å². The van der Waals surface area contributed by atoms with Crippen molar-refractivity contribution in [2.75, 3.05) is 0 Å². The highest BCUT2D eigenvalue weighted by Gasteiger charge is 2.27. The van der Waals surface area contributed by atoms with Crippen molar-refractivity contribution in [1.29, 1.82) is 0 Å². The Morgan fingerprint density at radius 3 is 2.41 bits per heavy atom. The summed E-state index contributed by atoms with van der Waals surface area (Å²) in [6.45, 7) is 6.29. The normalized spacial score (nSPS) is 15.2. The Bertz CT molecular complexity index is 496. The smallest absolute Gasteiger partial charge is 0.278 e. The Morgan fingerprint density at radius 1 is 1.24 bits per heavy atom. The maximum Gasteiger partial charge on any atom is 0.278 e. The molecule has 0 aliphatic carbocycles. The summed E-state index contributed by atoms with van der Waals surface area (Å²) in [6, 6.07) is 9.95.